The van der Waals surface area contributed by atoms with Crippen LogP contribution in [0, 0.1) is 0 Å². The van der Waals surface area contributed by atoms with E-state index in [-0.39, 0.29) is 11.9 Å². The van der Waals surface area contributed by atoms with E-state index >= 15 is 0 Å². The molecule has 0 aliphatic carbocycles. The Hall–Kier alpha value is -1.46. The lowest BCUT2D eigenvalue weighted by Crippen LogP contribution is -2.24. The molecule has 1 aliphatic heterocycles. The van der Waals surface area contributed by atoms with Gasteiger partial charge in [0.2, 0.25) is 5.91 Å². The third-order valence-electron chi connectivity index (χ3n) is 3.66. The van der Waals surface area contributed by atoms with Gasteiger partial charge in [-0.2, -0.15) is 5.10 Å². The number of hydrazone groups is 1. The van der Waals surface area contributed by atoms with Crippen LogP contribution < -0.4 is 0 Å². The second-order valence-corrected chi connectivity index (χ2v) is 6.94. The van der Waals surface area contributed by atoms with Crippen LogP contribution in [0.1, 0.15) is 30.5 Å². The van der Waals surface area contributed by atoms with Crippen molar-refractivity contribution in [2.24, 2.45) is 5.10 Å². The van der Waals surface area contributed by atoms with Crippen LogP contribution in [0.2, 0.25) is 0 Å². The van der Waals surface area contributed by atoms with Gasteiger partial charge in [0.05, 0.1) is 11.8 Å². The SMILES string of the molecule is CC(=O)N1N=C(c2ccc(Br)cc2Br)C[C@@H]1c1ccccc1. The molecule has 0 spiro atoms. The van der Waals surface area contributed by atoms with Crippen LogP contribution >= 0.6 is 31.9 Å². The normalized spacial score (nSPS) is 17.5. The van der Waals surface area contributed by atoms with E-state index in [1.54, 1.807) is 11.9 Å². The largest absolute Gasteiger partial charge is 0.273 e. The van der Waals surface area contributed by atoms with Gasteiger partial charge in [0.1, 0.15) is 0 Å². The maximum atomic E-state index is 11.9. The molecule has 22 heavy (non-hydrogen) atoms. The highest BCUT2D eigenvalue weighted by Gasteiger charge is 2.31. The molecule has 2 aromatic carbocycles. The van der Waals surface area contributed by atoms with Crippen molar-refractivity contribution in [2.75, 3.05) is 0 Å². The van der Waals surface area contributed by atoms with Crippen molar-refractivity contribution in [3.8, 4) is 0 Å². The fourth-order valence-electron chi connectivity index (χ4n) is 2.62. The van der Waals surface area contributed by atoms with E-state index in [9.17, 15) is 4.79 Å². The van der Waals surface area contributed by atoms with Crippen molar-refractivity contribution in [1.82, 2.24) is 5.01 Å². The predicted octanol–water partition coefficient (Wildman–Crippen LogP) is 4.91. The maximum absolute atomic E-state index is 11.9. The Balaban J connectivity index is 1.98. The highest BCUT2D eigenvalue weighted by Crippen LogP contribution is 2.34. The number of carbonyl (C=O) groups is 1. The van der Waals surface area contributed by atoms with E-state index in [2.05, 4.69) is 37.0 Å². The summed E-state index contributed by atoms with van der Waals surface area (Å²) in [4.78, 5) is 11.9. The summed E-state index contributed by atoms with van der Waals surface area (Å²) in [7, 11) is 0. The van der Waals surface area contributed by atoms with Gasteiger partial charge < -0.3 is 0 Å². The first-order valence-electron chi connectivity index (χ1n) is 6.94. The zero-order chi connectivity index (χ0) is 15.7. The molecule has 3 rings (SSSR count). The number of nitrogens with zero attached hydrogens (tertiary/aromatic N) is 2. The molecule has 0 aromatic heterocycles. The quantitative estimate of drug-likeness (QED) is 0.677. The smallest absolute Gasteiger partial charge is 0.240 e. The molecule has 2 aromatic rings. The molecular formula is C17H14Br2N2O. The molecule has 0 saturated heterocycles. The summed E-state index contributed by atoms with van der Waals surface area (Å²) in [6.45, 7) is 1.55. The molecule has 0 fully saturated rings. The number of hydrogen-bond acceptors (Lipinski definition) is 2. The topological polar surface area (TPSA) is 32.7 Å². The van der Waals surface area contributed by atoms with Crippen LogP contribution in [-0.2, 0) is 4.79 Å². The van der Waals surface area contributed by atoms with Gasteiger partial charge in [0, 0.05) is 27.9 Å². The minimum Gasteiger partial charge on any atom is -0.273 e. The molecule has 1 aliphatic rings. The van der Waals surface area contributed by atoms with Crippen LogP contribution in [0.25, 0.3) is 0 Å². The maximum Gasteiger partial charge on any atom is 0.240 e. The first-order chi connectivity index (χ1) is 10.6. The summed E-state index contributed by atoms with van der Waals surface area (Å²) in [5, 5.41) is 6.14. The Kier molecular flexibility index (Phi) is 4.45. The Bertz CT molecular complexity index is 744. The van der Waals surface area contributed by atoms with Crippen LogP contribution in [-0.4, -0.2) is 16.6 Å². The zero-order valence-electron chi connectivity index (χ0n) is 12.0. The minimum absolute atomic E-state index is 0.0377. The molecule has 112 valence electrons. The van der Waals surface area contributed by atoms with Gasteiger partial charge in [-0.05, 0) is 17.7 Å². The summed E-state index contributed by atoms with van der Waals surface area (Å²) >= 11 is 7.03. The molecule has 5 heteroatoms. The van der Waals surface area contributed by atoms with Gasteiger partial charge in [-0.3, -0.25) is 4.79 Å². The monoisotopic (exact) mass is 420 g/mol. The Morgan fingerprint density at radius 3 is 2.55 bits per heavy atom. The molecule has 0 N–H and O–H groups in total. The fourth-order valence-corrected chi connectivity index (χ4v) is 3.90. The summed E-state index contributed by atoms with van der Waals surface area (Å²) < 4.78 is 1.97. The molecule has 3 nitrogen and oxygen atoms in total. The van der Waals surface area contributed by atoms with Gasteiger partial charge >= 0.3 is 0 Å². The summed E-state index contributed by atoms with van der Waals surface area (Å²) in [5.41, 5.74) is 3.04. The number of benzene rings is 2. The molecule has 0 bridgehead atoms. The van der Waals surface area contributed by atoms with E-state index in [0.29, 0.717) is 6.42 Å². The van der Waals surface area contributed by atoms with Crippen molar-refractivity contribution in [1.29, 1.82) is 0 Å². The van der Waals surface area contributed by atoms with Gasteiger partial charge in [0.25, 0.3) is 0 Å². The zero-order valence-corrected chi connectivity index (χ0v) is 15.1. The first-order valence-corrected chi connectivity index (χ1v) is 8.52. The van der Waals surface area contributed by atoms with E-state index < -0.39 is 0 Å². The lowest BCUT2D eigenvalue weighted by molar-refractivity contribution is -0.130. The molecule has 1 atom stereocenters. The number of hydrogen-bond donors (Lipinski definition) is 0. The molecular weight excluding hydrogens is 408 g/mol. The third-order valence-corrected chi connectivity index (χ3v) is 4.81. The van der Waals surface area contributed by atoms with E-state index in [4.69, 9.17) is 0 Å². The number of amides is 1. The first kappa shape index (κ1) is 15.4. The van der Waals surface area contributed by atoms with Crippen molar-refractivity contribution >= 4 is 43.5 Å². The number of halogens is 2. The average molecular weight is 422 g/mol. The third kappa shape index (κ3) is 3.01. The lowest BCUT2D eigenvalue weighted by atomic mass is 9.98. The molecule has 0 saturated carbocycles. The Labute approximate surface area is 146 Å². The molecule has 0 radical (unpaired) electrons. The standard InChI is InChI=1S/C17H14Br2N2O/c1-11(22)21-17(12-5-3-2-4-6-12)10-16(20-21)14-8-7-13(18)9-15(14)19/h2-9,17H,10H2,1H3/t17-/m1/s1. The highest BCUT2D eigenvalue weighted by molar-refractivity contribution is 9.11. The Morgan fingerprint density at radius 1 is 1.18 bits per heavy atom. The van der Waals surface area contributed by atoms with E-state index in [1.165, 1.54) is 0 Å². The van der Waals surface area contributed by atoms with Crippen molar-refractivity contribution in [2.45, 2.75) is 19.4 Å². The van der Waals surface area contributed by atoms with Crippen LogP contribution in [0.4, 0.5) is 0 Å². The molecule has 0 unspecified atom stereocenters. The van der Waals surface area contributed by atoms with Crippen molar-refractivity contribution < 1.29 is 4.79 Å². The van der Waals surface area contributed by atoms with Gasteiger partial charge in [-0.1, -0.05) is 68.3 Å². The van der Waals surface area contributed by atoms with Gasteiger partial charge in [-0.25, -0.2) is 5.01 Å². The highest BCUT2D eigenvalue weighted by atomic mass is 79.9. The molecule has 1 amide bonds. The number of carbonyl (C=O) groups excluding carboxylic acids is 1. The number of rotatable bonds is 2. The average Bonchev–Trinajstić information content (AvgIpc) is 2.93. The van der Waals surface area contributed by atoms with Gasteiger partial charge in [-0.15, -0.1) is 0 Å². The summed E-state index contributed by atoms with van der Waals surface area (Å²) in [6, 6.07) is 16.0. The van der Waals surface area contributed by atoms with Crippen molar-refractivity contribution in [3.63, 3.8) is 0 Å². The van der Waals surface area contributed by atoms with Crippen LogP contribution in [0.3, 0.4) is 0 Å². The minimum atomic E-state index is -0.0444. The van der Waals surface area contributed by atoms with E-state index in [1.807, 2.05) is 48.5 Å². The van der Waals surface area contributed by atoms with Gasteiger partial charge in [0.15, 0.2) is 0 Å². The Morgan fingerprint density at radius 2 is 1.91 bits per heavy atom. The van der Waals surface area contributed by atoms with Crippen LogP contribution in [0.15, 0.2) is 62.6 Å². The summed E-state index contributed by atoms with van der Waals surface area (Å²) in [5.74, 6) is -0.0444. The molecule has 1 heterocycles. The fraction of sp³-hybridized carbons (Fsp3) is 0.176. The van der Waals surface area contributed by atoms with E-state index in [0.717, 1.165) is 25.8 Å². The second-order valence-electron chi connectivity index (χ2n) is 5.17. The predicted molar refractivity (Wildman–Crippen MR) is 94.7 cm³/mol. The van der Waals surface area contributed by atoms with Crippen LogP contribution in [0.5, 0.6) is 0 Å². The lowest BCUT2D eigenvalue weighted by Gasteiger charge is -2.20. The summed E-state index contributed by atoms with van der Waals surface area (Å²) in [6.07, 6.45) is 0.712. The van der Waals surface area contributed by atoms with Crippen molar-refractivity contribution in [3.05, 3.63) is 68.6 Å². The second kappa shape index (κ2) is 6.34.